The summed E-state index contributed by atoms with van der Waals surface area (Å²) in [7, 11) is 0. The Labute approximate surface area is 177 Å². The van der Waals surface area contributed by atoms with E-state index < -0.39 is 23.3 Å². The Morgan fingerprint density at radius 3 is 2.16 bits per heavy atom. The van der Waals surface area contributed by atoms with Crippen molar-refractivity contribution in [1.29, 1.82) is 0 Å². The lowest BCUT2D eigenvalue weighted by Crippen LogP contribution is -2.40. The molecule has 6 rings (SSSR count). The smallest absolute Gasteiger partial charge is 0.308 e. The van der Waals surface area contributed by atoms with Crippen molar-refractivity contribution in [2.75, 3.05) is 13.2 Å². The number of esters is 1. The molecule has 2 saturated carbocycles. The second kappa shape index (κ2) is 7.11. The lowest BCUT2D eigenvalue weighted by atomic mass is 9.63. The Bertz CT molecular complexity index is 995. The molecule has 0 N–H and O–H groups in total. The predicted octanol–water partition coefficient (Wildman–Crippen LogP) is 1.76. The van der Waals surface area contributed by atoms with E-state index in [9.17, 15) is 29.3 Å². The van der Waals surface area contributed by atoms with Crippen LogP contribution in [0.5, 0.6) is 0 Å². The Kier molecular flexibility index (Phi) is 4.49. The standard InChI is InChI=1S/C22H20N2O7/c25-17(11-1-3-12(4-2-11)24(29)30)10-31-18(26)7-8-23-21(27)19-13-5-6-14(16-9-15(13)16)20(19)22(23)28/h1-6,13-16,19-20H,7-10H2/t13-,14-,15-,16-,19+,20+/m1/s1. The van der Waals surface area contributed by atoms with Gasteiger partial charge in [-0.05, 0) is 42.2 Å². The number of nitro benzene ring substituents is 1. The molecule has 1 aliphatic heterocycles. The van der Waals surface area contributed by atoms with Gasteiger partial charge in [-0.1, -0.05) is 12.2 Å². The molecule has 9 nitrogen and oxygen atoms in total. The summed E-state index contributed by atoms with van der Waals surface area (Å²) in [5.41, 5.74) is 0.0453. The molecule has 31 heavy (non-hydrogen) atoms. The van der Waals surface area contributed by atoms with Gasteiger partial charge in [0.1, 0.15) is 0 Å². The Morgan fingerprint density at radius 2 is 1.61 bits per heavy atom. The van der Waals surface area contributed by atoms with Crippen LogP contribution in [0.1, 0.15) is 23.2 Å². The second-order valence-corrected chi connectivity index (χ2v) is 8.62. The van der Waals surface area contributed by atoms with Crippen LogP contribution in [0.4, 0.5) is 5.69 Å². The van der Waals surface area contributed by atoms with Crippen molar-refractivity contribution < 1.29 is 28.8 Å². The third-order valence-electron chi connectivity index (χ3n) is 7.06. The third kappa shape index (κ3) is 3.15. The number of amides is 2. The highest BCUT2D eigenvalue weighted by Crippen LogP contribution is 2.65. The number of likely N-dealkylation sites (tertiary alicyclic amines) is 1. The van der Waals surface area contributed by atoms with Crippen molar-refractivity contribution in [3.8, 4) is 0 Å². The molecule has 5 aliphatic rings. The highest BCUT2D eigenvalue weighted by Gasteiger charge is 2.66. The van der Waals surface area contributed by atoms with Crippen LogP contribution in [0.15, 0.2) is 36.4 Å². The summed E-state index contributed by atoms with van der Waals surface area (Å²) >= 11 is 0. The number of imide groups is 1. The van der Waals surface area contributed by atoms with E-state index in [1.165, 1.54) is 29.2 Å². The summed E-state index contributed by atoms with van der Waals surface area (Å²) < 4.78 is 4.98. The monoisotopic (exact) mass is 424 g/mol. The van der Waals surface area contributed by atoms with Crippen LogP contribution in [0.2, 0.25) is 0 Å². The van der Waals surface area contributed by atoms with Gasteiger partial charge in [0.2, 0.25) is 11.8 Å². The summed E-state index contributed by atoms with van der Waals surface area (Å²) in [6.07, 6.45) is 5.09. The first kappa shape index (κ1) is 19.6. The Balaban J connectivity index is 1.14. The fraction of sp³-hybridized carbons (Fsp3) is 0.455. The van der Waals surface area contributed by atoms with E-state index in [0.717, 1.165) is 6.42 Å². The number of allylic oxidation sites excluding steroid dienone is 2. The first-order valence-corrected chi connectivity index (χ1v) is 10.3. The zero-order valence-electron chi connectivity index (χ0n) is 16.5. The number of Topliss-reactive ketones (excluding diaryl/α,β-unsaturated/α-hetero) is 1. The van der Waals surface area contributed by atoms with Gasteiger partial charge < -0.3 is 4.74 Å². The normalized spacial score (nSPS) is 31.9. The fourth-order valence-electron chi connectivity index (χ4n) is 5.51. The number of nitro groups is 1. The number of hydrogen-bond acceptors (Lipinski definition) is 7. The molecule has 0 aromatic heterocycles. The van der Waals surface area contributed by atoms with Crippen molar-refractivity contribution in [2.24, 2.45) is 35.5 Å². The topological polar surface area (TPSA) is 124 Å². The molecule has 0 spiro atoms. The number of hydrogen-bond donors (Lipinski definition) is 0. The lowest BCUT2D eigenvalue weighted by Gasteiger charge is -2.37. The van der Waals surface area contributed by atoms with Crippen LogP contribution in [-0.2, 0) is 19.1 Å². The first-order valence-electron chi connectivity index (χ1n) is 10.3. The number of non-ortho nitro benzene ring substituents is 1. The molecule has 6 atom stereocenters. The number of ether oxygens (including phenoxy) is 1. The maximum Gasteiger partial charge on any atom is 0.308 e. The highest BCUT2D eigenvalue weighted by molar-refractivity contribution is 6.06. The molecule has 2 amide bonds. The number of carbonyl (C=O) groups excluding carboxylic acids is 4. The summed E-state index contributed by atoms with van der Waals surface area (Å²) in [6.45, 7) is -0.564. The molecular weight excluding hydrogens is 404 g/mol. The van der Waals surface area contributed by atoms with Gasteiger partial charge in [-0.15, -0.1) is 0 Å². The quantitative estimate of drug-likeness (QED) is 0.163. The van der Waals surface area contributed by atoms with E-state index in [-0.39, 0.29) is 59.7 Å². The molecule has 160 valence electrons. The van der Waals surface area contributed by atoms with Crippen LogP contribution in [0.25, 0.3) is 0 Å². The first-order chi connectivity index (χ1) is 14.9. The van der Waals surface area contributed by atoms with Crippen LogP contribution in [0, 0.1) is 45.6 Å². The van der Waals surface area contributed by atoms with Gasteiger partial charge in [0.15, 0.2) is 12.4 Å². The second-order valence-electron chi connectivity index (χ2n) is 8.62. The zero-order valence-corrected chi connectivity index (χ0v) is 16.5. The average molecular weight is 424 g/mol. The van der Waals surface area contributed by atoms with Crippen molar-refractivity contribution in [3.63, 3.8) is 0 Å². The summed E-state index contributed by atoms with van der Waals surface area (Å²) in [4.78, 5) is 61.2. The van der Waals surface area contributed by atoms with Crippen LogP contribution in [-0.4, -0.2) is 46.5 Å². The average Bonchev–Trinajstić information content (AvgIpc) is 3.55. The zero-order chi connectivity index (χ0) is 21.9. The number of rotatable bonds is 7. The SMILES string of the molecule is O=C(CCN1C(=O)[C@H]2[C@@H]3C=C[C@H]([C@H]4C[C@H]34)[C@@H]2C1=O)OCC(=O)c1ccc([N+](=O)[O-])cc1. The third-order valence-corrected chi connectivity index (χ3v) is 7.06. The van der Waals surface area contributed by atoms with Gasteiger partial charge in [0, 0.05) is 24.2 Å². The highest BCUT2D eigenvalue weighted by atomic mass is 16.6. The van der Waals surface area contributed by atoms with E-state index in [1.807, 2.05) is 0 Å². The molecule has 0 radical (unpaired) electrons. The molecule has 3 fully saturated rings. The molecule has 1 heterocycles. The summed E-state index contributed by atoms with van der Waals surface area (Å²) in [5, 5.41) is 10.7. The molecule has 4 aliphatic carbocycles. The van der Waals surface area contributed by atoms with Gasteiger partial charge in [0.05, 0.1) is 23.2 Å². The molecule has 0 unspecified atom stereocenters. The van der Waals surface area contributed by atoms with E-state index in [1.54, 1.807) is 0 Å². The van der Waals surface area contributed by atoms with Gasteiger partial charge >= 0.3 is 5.97 Å². The van der Waals surface area contributed by atoms with Gasteiger partial charge in [-0.2, -0.15) is 0 Å². The van der Waals surface area contributed by atoms with Crippen molar-refractivity contribution in [1.82, 2.24) is 4.90 Å². The largest absolute Gasteiger partial charge is 0.457 e. The van der Waals surface area contributed by atoms with E-state index >= 15 is 0 Å². The van der Waals surface area contributed by atoms with Gasteiger partial charge in [0.25, 0.3) is 5.69 Å². The van der Waals surface area contributed by atoms with Crippen molar-refractivity contribution >= 4 is 29.3 Å². The minimum Gasteiger partial charge on any atom is -0.457 e. The molecule has 1 aromatic rings. The van der Waals surface area contributed by atoms with E-state index in [4.69, 9.17) is 4.74 Å². The van der Waals surface area contributed by atoms with Crippen LogP contribution < -0.4 is 0 Å². The fourth-order valence-corrected chi connectivity index (χ4v) is 5.51. The van der Waals surface area contributed by atoms with Gasteiger partial charge in [-0.3, -0.25) is 34.2 Å². The maximum absolute atomic E-state index is 12.9. The number of carbonyl (C=O) groups is 4. The molecule has 9 heteroatoms. The number of ketones is 1. The summed E-state index contributed by atoms with van der Waals surface area (Å²) in [5.74, 6) is -0.882. The molecule has 1 saturated heterocycles. The Hall–Kier alpha value is -3.36. The van der Waals surface area contributed by atoms with Crippen LogP contribution >= 0.6 is 0 Å². The predicted molar refractivity (Wildman–Crippen MR) is 104 cm³/mol. The minimum atomic E-state index is -0.685. The van der Waals surface area contributed by atoms with Crippen molar-refractivity contribution in [3.05, 3.63) is 52.1 Å². The molecule has 2 bridgehead atoms. The molecule has 1 aromatic carbocycles. The number of nitrogens with zero attached hydrogens (tertiary/aromatic N) is 2. The number of benzene rings is 1. The minimum absolute atomic E-state index is 0.0516. The molecular formula is C22H20N2O7. The van der Waals surface area contributed by atoms with Crippen LogP contribution in [0.3, 0.4) is 0 Å². The van der Waals surface area contributed by atoms with Crippen molar-refractivity contribution in [2.45, 2.75) is 12.8 Å². The lowest BCUT2D eigenvalue weighted by molar-refractivity contribution is -0.384. The van der Waals surface area contributed by atoms with E-state index in [2.05, 4.69) is 12.2 Å². The Morgan fingerprint density at radius 1 is 1.03 bits per heavy atom. The summed E-state index contributed by atoms with van der Waals surface area (Å²) in [6, 6.07) is 4.99. The van der Waals surface area contributed by atoms with Gasteiger partial charge in [-0.25, -0.2) is 0 Å². The van der Waals surface area contributed by atoms with E-state index in [0.29, 0.717) is 11.8 Å². The maximum atomic E-state index is 12.9.